The number of allylic oxidation sites excluding steroid dienone is 2. The van der Waals surface area contributed by atoms with Crippen LogP contribution in [0.3, 0.4) is 0 Å². The zero-order chi connectivity index (χ0) is 20.0. The van der Waals surface area contributed by atoms with E-state index in [1.807, 2.05) is 19.9 Å². The minimum atomic E-state index is -4.08. The molecular formula is C18H24F3N3O2U. The number of carbonyl (C=O) groups excluding carboxylic acids is 1. The molecule has 1 aromatic rings. The second-order valence-corrected chi connectivity index (χ2v) is 6.52. The van der Waals surface area contributed by atoms with Gasteiger partial charge in [-0.2, -0.15) is 18.0 Å². The van der Waals surface area contributed by atoms with E-state index in [0.717, 1.165) is 25.3 Å². The van der Waals surface area contributed by atoms with Gasteiger partial charge in [0.15, 0.2) is 5.82 Å². The summed E-state index contributed by atoms with van der Waals surface area (Å²) in [4.78, 5) is 16.0. The smallest absolute Gasteiger partial charge is 0.344 e. The molecule has 148 valence electrons. The van der Waals surface area contributed by atoms with Crippen molar-refractivity contribution in [2.45, 2.75) is 58.7 Å². The van der Waals surface area contributed by atoms with E-state index in [-0.39, 0.29) is 49.9 Å². The van der Waals surface area contributed by atoms with Crippen molar-refractivity contribution in [2.24, 2.45) is 5.92 Å². The van der Waals surface area contributed by atoms with Crippen LogP contribution in [-0.2, 0) is 10.3 Å². The minimum absolute atomic E-state index is 0. The average Bonchev–Trinajstić information content (AvgIpc) is 3.28. The van der Waals surface area contributed by atoms with Gasteiger partial charge in [-0.1, -0.05) is 11.1 Å². The largest absolute Gasteiger partial charge is 2.00 e. The summed E-state index contributed by atoms with van der Waals surface area (Å²) in [5.74, 6) is 1.37. The number of halogens is 3. The summed E-state index contributed by atoms with van der Waals surface area (Å²) >= 11 is 0. The molecule has 0 unspecified atom stereocenters. The molecule has 1 aliphatic carbocycles. The summed E-state index contributed by atoms with van der Waals surface area (Å²) in [5.41, 5.74) is 0.208. The molecule has 2 rings (SSSR count). The Morgan fingerprint density at radius 2 is 1.96 bits per heavy atom. The van der Waals surface area contributed by atoms with E-state index in [4.69, 9.17) is 11.1 Å². The van der Waals surface area contributed by atoms with Gasteiger partial charge < -0.3 is 9.84 Å². The SMILES string of the molecule is C[CH-]C(F)(F)F.[CH-]=C(/C=C\CC(=O)NC(C)(C)c1noc(C)n1)C1CC1.[U+2]. The van der Waals surface area contributed by atoms with E-state index < -0.39 is 11.7 Å². The van der Waals surface area contributed by atoms with Crippen LogP contribution in [0.15, 0.2) is 22.2 Å². The van der Waals surface area contributed by atoms with Crippen LogP contribution < -0.4 is 5.32 Å². The van der Waals surface area contributed by atoms with Crippen LogP contribution in [0, 0.1) is 57.0 Å². The van der Waals surface area contributed by atoms with Crippen molar-refractivity contribution in [3.05, 3.63) is 42.4 Å². The van der Waals surface area contributed by atoms with E-state index in [0.29, 0.717) is 17.6 Å². The van der Waals surface area contributed by atoms with Crippen molar-refractivity contribution in [3.63, 3.8) is 0 Å². The summed E-state index contributed by atoms with van der Waals surface area (Å²) in [6.45, 7) is 12.2. The number of nitrogens with one attached hydrogen (secondary N) is 1. The summed E-state index contributed by atoms with van der Waals surface area (Å²) < 4.78 is 37.1. The van der Waals surface area contributed by atoms with Gasteiger partial charge in [0.05, 0.1) is 5.54 Å². The molecule has 1 aromatic heterocycles. The van der Waals surface area contributed by atoms with Gasteiger partial charge in [0.1, 0.15) is 0 Å². The third kappa shape index (κ3) is 10.7. The topological polar surface area (TPSA) is 68.0 Å². The zero-order valence-corrected chi connectivity index (χ0v) is 20.0. The minimum Gasteiger partial charge on any atom is -0.344 e. The quantitative estimate of drug-likeness (QED) is 0.388. The first-order chi connectivity index (χ1) is 11.9. The van der Waals surface area contributed by atoms with Crippen molar-refractivity contribution in [3.8, 4) is 0 Å². The van der Waals surface area contributed by atoms with Crippen LogP contribution in [0.25, 0.3) is 0 Å². The van der Waals surface area contributed by atoms with E-state index in [1.54, 1.807) is 13.0 Å². The summed E-state index contributed by atoms with van der Waals surface area (Å²) in [6.07, 6.45) is 2.34. The van der Waals surface area contributed by atoms with Crippen molar-refractivity contribution < 1.29 is 53.6 Å². The molecule has 0 bridgehead atoms. The first kappa shape index (κ1) is 25.9. The van der Waals surface area contributed by atoms with Crippen LogP contribution in [0.4, 0.5) is 13.2 Å². The number of nitrogens with zero attached hydrogens (tertiary/aromatic N) is 2. The fourth-order valence-corrected chi connectivity index (χ4v) is 1.86. The van der Waals surface area contributed by atoms with Crippen molar-refractivity contribution in [1.29, 1.82) is 0 Å². The van der Waals surface area contributed by atoms with E-state index in [1.165, 1.54) is 0 Å². The molecule has 0 spiro atoms. The normalized spacial score (nSPS) is 14.2. The predicted octanol–water partition coefficient (Wildman–Crippen LogP) is 4.22. The Hall–Kier alpha value is -1.07. The van der Waals surface area contributed by atoms with Gasteiger partial charge in [0, 0.05) is 13.3 Å². The van der Waals surface area contributed by atoms with Gasteiger partial charge in [-0.05, 0) is 26.7 Å². The molecule has 5 nitrogen and oxygen atoms in total. The molecule has 0 radical (unpaired) electrons. The standard InChI is InChI=1S/C15H20N3O2.C3H4F3.U/c1-10(12-8-9-12)6-5-7-13(19)17-15(3,4)14-16-11(2)20-18-14;1-2-3(4,5)6;/h1,5-6,12H,7-9H2,2-4H3,(H,17,19);2H,1H3;/q2*-1;+2/b6-5-;;. The van der Waals surface area contributed by atoms with Crippen LogP contribution >= 0.6 is 0 Å². The molecule has 1 amide bonds. The molecule has 0 aromatic carbocycles. The van der Waals surface area contributed by atoms with Crippen LogP contribution in [0.5, 0.6) is 0 Å². The molecular weight excluding hydrogens is 585 g/mol. The second kappa shape index (κ2) is 11.1. The number of alkyl halides is 3. The molecule has 1 heterocycles. The molecule has 0 saturated heterocycles. The maximum Gasteiger partial charge on any atom is 2.00 e. The third-order valence-electron chi connectivity index (χ3n) is 3.53. The second-order valence-electron chi connectivity index (χ2n) is 6.52. The Labute approximate surface area is 181 Å². The summed E-state index contributed by atoms with van der Waals surface area (Å²) in [7, 11) is 0. The average molecular weight is 609 g/mol. The molecule has 9 heteroatoms. The van der Waals surface area contributed by atoms with Crippen molar-refractivity contribution in [2.75, 3.05) is 0 Å². The molecule has 27 heavy (non-hydrogen) atoms. The Bertz CT molecular complexity index is 651. The predicted molar refractivity (Wildman–Crippen MR) is 90.5 cm³/mol. The van der Waals surface area contributed by atoms with Crippen LogP contribution in [0.2, 0.25) is 0 Å². The summed E-state index contributed by atoms with van der Waals surface area (Å²) in [6, 6.07) is 0. The van der Waals surface area contributed by atoms with Gasteiger partial charge in [-0.25, -0.2) is 31.2 Å². The number of aryl methyl sites for hydroxylation is 1. The van der Waals surface area contributed by atoms with Gasteiger partial charge in [-0.3, -0.25) is 11.4 Å². The third-order valence-corrected chi connectivity index (χ3v) is 3.53. The first-order valence-corrected chi connectivity index (χ1v) is 8.22. The van der Waals surface area contributed by atoms with Gasteiger partial charge >= 0.3 is 31.1 Å². The Morgan fingerprint density at radius 3 is 2.37 bits per heavy atom. The van der Waals surface area contributed by atoms with Crippen molar-refractivity contribution in [1.82, 2.24) is 15.5 Å². The van der Waals surface area contributed by atoms with E-state index in [9.17, 15) is 18.0 Å². The fraction of sp³-hybridized carbons (Fsp3) is 0.556. The Morgan fingerprint density at radius 1 is 1.41 bits per heavy atom. The Balaban J connectivity index is 0.000000842. The molecule has 0 aliphatic heterocycles. The fourth-order valence-electron chi connectivity index (χ4n) is 1.86. The number of hydrogen-bond acceptors (Lipinski definition) is 4. The molecule has 1 saturated carbocycles. The molecule has 1 aliphatic rings. The number of aromatic nitrogens is 2. The van der Waals surface area contributed by atoms with Crippen LogP contribution in [-0.4, -0.2) is 22.2 Å². The maximum atomic E-state index is 11.9. The number of carbonyl (C=O) groups is 1. The van der Waals surface area contributed by atoms with Crippen molar-refractivity contribution >= 4 is 5.91 Å². The monoisotopic (exact) mass is 609 g/mol. The van der Waals surface area contributed by atoms with Gasteiger partial charge in [0.25, 0.3) is 6.18 Å². The number of rotatable bonds is 6. The molecule has 1 N–H and O–H groups in total. The van der Waals surface area contributed by atoms with Gasteiger partial charge in [0.2, 0.25) is 11.8 Å². The number of amides is 1. The van der Waals surface area contributed by atoms with E-state index >= 15 is 0 Å². The van der Waals surface area contributed by atoms with Crippen LogP contribution in [0.1, 0.15) is 51.7 Å². The summed E-state index contributed by atoms with van der Waals surface area (Å²) in [5, 5.41) is 6.72. The number of hydrogen-bond donors (Lipinski definition) is 1. The zero-order valence-electron chi connectivity index (χ0n) is 15.9. The Kier molecular flexibility index (Phi) is 10.6. The molecule has 0 atom stereocenters. The first-order valence-electron chi connectivity index (χ1n) is 8.22. The maximum absolute atomic E-state index is 11.9. The molecule has 1 fully saturated rings. The van der Waals surface area contributed by atoms with E-state index in [2.05, 4.69) is 15.5 Å². The van der Waals surface area contributed by atoms with Gasteiger partial charge in [-0.15, -0.1) is 0 Å².